The van der Waals surface area contributed by atoms with Crippen LogP contribution in [0.2, 0.25) is 10.0 Å². The first-order valence-electron chi connectivity index (χ1n) is 6.04. The molecule has 1 unspecified atom stereocenters. The summed E-state index contributed by atoms with van der Waals surface area (Å²) in [6, 6.07) is 2.66. The summed E-state index contributed by atoms with van der Waals surface area (Å²) in [6.07, 6.45) is 0.796. The largest absolute Gasteiger partial charge is 0.399 e. The standard InChI is InChI=1S/C12H18Cl2N2O3S/c1-3-12(2,4-5-17)16-20(18,19)11-9(13)6-8(15)7-10(11)14/h6-7,16-17H,3-5,15H2,1-2H3. The molecule has 1 aromatic rings. The number of anilines is 1. The highest BCUT2D eigenvalue weighted by Crippen LogP contribution is 2.33. The van der Waals surface area contributed by atoms with Gasteiger partial charge in [-0.3, -0.25) is 0 Å². The number of hydrogen-bond acceptors (Lipinski definition) is 4. The Labute approximate surface area is 129 Å². The van der Waals surface area contributed by atoms with Crippen molar-refractivity contribution >= 4 is 38.9 Å². The molecule has 114 valence electrons. The van der Waals surface area contributed by atoms with Crippen LogP contribution in [0.15, 0.2) is 17.0 Å². The number of aliphatic hydroxyl groups excluding tert-OH is 1. The highest BCUT2D eigenvalue weighted by atomic mass is 35.5. The van der Waals surface area contributed by atoms with Gasteiger partial charge in [-0.25, -0.2) is 13.1 Å². The average molecular weight is 341 g/mol. The summed E-state index contributed by atoms with van der Waals surface area (Å²) in [7, 11) is -3.91. The number of halogens is 2. The number of nitrogens with two attached hydrogens (primary N) is 1. The molecule has 0 aliphatic heterocycles. The number of rotatable bonds is 6. The molecule has 0 fully saturated rings. The molecule has 0 heterocycles. The van der Waals surface area contributed by atoms with E-state index in [1.165, 1.54) is 12.1 Å². The van der Waals surface area contributed by atoms with E-state index in [1.54, 1.807) is 6.92 Å². The second kappa shape index (κ2) is 6.49. The van der Waals surface area contributed by atoms with Gasteiger partial charge in [-0.05, 0) is 31.9 Å². The van der Waals surface area contributed by atoms with E-state index in [0.29, 0.717) is 6.42 Å². The Morgan fingerprint density at radius 3 is 2.25 bits per heavy atom. The quantitative estimate of drug-likeness (QED) is 0.693. The lowest BCUT2D eigenvalue weighted by molar-refractivity contribution is 0.233. The van der Waals surface area contributed by atoms with Crippen LogP contribution in [0.1, 0.15) is 26.7 Å². The third-order valence-electron chi connectivity index (χ3n) is 3.11. The SMILES string of the molecule is CCC(C)(CCO)NS(=O)(=O)c1c(Cl)cc(N)cc1Cl. The van der Waals surface area contributed by atoms with Crippen molar-refractivity contribution < 1.29 is 13.5 Å². The summed E-state index contributed by atoms with van der Waals surface area (Å²) in [5.74, 6) is 0. The number of nitrogens with one attached hydrogen (secondary N) is 1. The summed E-state index contributed by atoms with van der Waals surface area (Å²) < 4.78 is 27.4. The Bertz CT molecular complexity index is 569. The zero-order chi connectivity index (χ0) is 15.6. The minimum absolute atomic E-state index is 0.0371. The number of aliphatic hydroxyl groups is 1. The van der Waals surface area contributed by atoms with Gasteiger partial charge in [0.1, 0.15) is 4.90 Å². The van der Waals surface area contributed by atoms with Gasteiger partial charge >= 0.3 is 0 Å². The minimum Gasteiger partial charge on any atom is -0.399 e. The molecule has 0 saturated heterocycles. The van der Waals surface area contributed by atoms with Crippen LogP contribution in [0.4, 0.5) is 5.69 Å². The smallest absolute Gasteiger partial charge is 0.244 e. The number of hydrogen-bond donors (Lipinski definition) is 3. The summed E-state index contributed by atoms with van der Waals surface area (Å²) in [5, 5.41) is 8.97. The molecule has 0 spiro atoms. The van der Waals surface area contributed by atoms with Crippen LogP contribution in [-0.2, 0) is 10.0 Å². The highest BCUT2D eigenvalue weighted by molar-refractivity contribution is 7.89. The van der Waals surface area contributed by atoms with Crippen LogP contribution >= 0.6 is 23.2 Å². The molecule has 20 heavy (non-hydrogen) atoms. The fourth-order valence-electron chi connectivity index (χ4n) is 1.76. The lowest BCUT2D eigenvalue weighted by Gasteiger charge is -2.29. The Morgan fingerprint density at radius 1 is 1.35 bits per heavy atom. The molecule has 0 saturated carbocycles. The van der Waals surface area contributed by atoms with Gasteiger partial charge in [-0.2, -0.15) is 0 Å². The Morgan fingerprint density at radius 2 is 1.85 bits per heavy atom. The van der Waals surface area contributed by atoms with Crippen molar-refractivity contribution in [2.75, 3.05) is 12.3 Å². The van der Waals surface area contributed by atoms with Crippen LogP contribution in [-0.4, -0.2) is 25.7 Å². The van der Waals surface area contributed by atoms with E-state index in [2.05, 4.69) is 4.72 Å². The molecule has 8 heteroatoms. The number of nitrogen functional groups attached to an aromatic ring is 1. The molecule has 1 rings (SSSR count). The zero-order valence-electron chi connectivity index (χ0n) is 11.3. The van der Waals surface area contributed by atoms with E-state index >= 15 is 0 Å². The molecule has 5 nitrogen and oxygen atoms in total. The number of sulfonamides is 1. The Hall–Kier alpha value is -0.530. The van der Waals surface area contributed by atoms with Crippen LogP contribution in [0.5, 0.6) is 0 Å². The first-order valence-corrected chi connectivity index (χ1v) is 8.28. The molecule has 0 amide bonds. The van der Waals surface area contributed by atoms with Gasteiger partial charge < -0.3 is 10.8 Å². The Kier molecular flexibility index (Phi) is 5.69. The van der Waals surface area contributed by atoms with Crippen molar-refractivity contribution in [2.45, 2.75) is 37.1 Å². The third-order valence-corrected chi connectivity index (χ3v) is 5.67. The maximum absolute atomic E-state index is 12.4. The van der Waals surface area contributed by atoms with Gasteiger partial charge in [0.15, 0.2) is 0 Å². The van der Waals surface area contributed by atoms with Gasteiger partial charge in [-0.1, -0.05) is 30.1 Å². The lowest BCUT2D eigenvalue weighted by atomic mass is 9.97. The van der Waals surface area contributed by atoms with Crippen molar-refractivity contribution in [1.29, 1.82) is 0 Å². The average Bonchev–Trinajstić information content (AvgIpc) is 2.26. The van der Waals surface area contributed by atoms with Crippen LogP contribution < -0.4 is 10.5 Å². The maximum Gasteiger partial charge on any atom is 0.244 e. The summed E-state index contributed by atoms with van der Waals surface area (Å²) >= 11 is 11.9. The predicted molar refractivity (Wildman–Crippen MR) is 81.6 cm³/mol. The molecule has 0 bridgehead atoms. The zero-order valence-corrected chi connectivity index (χ0v) is 13.6. The second-order valence-corrected chi connectivity index (χ2v) is 7.24. The van der Waals surface area contributed by atoms with Gasteiger partial charge in [0.2, 0.25) is 10.0 Å². The van der Waals surface area contributed by atoms with Crippen LogP contribution in [0, 0.1) is 0 Å². The maximum atomic E-state index is 12.4. The van der Waals surface area contributed by atoms with E-state index in [4.69, 9.17) is 34.0 Å². The molecule has 4 N–H and O–H groups in total. The fourth-order valence-corrected chi connectivity index (χ4v) is 4.50. The van der Waals surface area contributed by atoms with Crippen molar-refractivity contribution in [1.82, 2.24) is 4.72 Å². The molecule has 1 atom stereocenters. The summed E-state index contributed by atoms with van der Waals surface area (Å²) in [5.41, 5.74) is 5.06. The monoisotopic (exact) mass is 340 g/mol. The minimum atomic E-state index is -3.91. The van der Waals surface area contributed by atoms with E-state index in [1.807, 2.05) is 6.92 Å². The summed E-state index contributed by atoms with van der Waals surface area (Å²) in [4.78, 5) is -0.201. The van der Waals surface area contributed by atoms with Gasteiger partial charge in [0.25, 0.3) is 0 Å². The van der Waals surface area contributed by atoms with E-state index in [9.17, 15) is 8.42 Å². The van der Waals surface area contributed by atoms with E-state index in [-0.39, 0.29) is 33.7 Å². The van der Waals surface area contributed by atoms with Gasteiger partial charge in [0, 0.05) is 17.8 Å². The van der Waals surface area contributed by atoms with E-state index in [0.717, 1.165) is 0 Å². The van der Waals surface area contributed by atoms with Gasteiger partial charge in [0.05, 0.1) is 10.0 Å². The lowest BCUT2D eigenvalue weighted by Crippen LogP contribution is -2.46. The Balaban J connectivity index is 3.25. The first-order chi connectivity index (χ1) is 9.15. The first kappa shape index (κ1) is 17.5. The van der Waals surface area contributed by atoms with E-state index < -0.39 is 15.6 Å². The second-order valence-electron chi connectivity index (χ2n) is 4.81. The fraction of sp³-hybridized carbons (Fsp3) is 0.500. The van der Waals surface area contributed by atoms with Crippen molar-refractivity contribution in [3.63, 3.8) is 0 Å². The highest BCUT2D eigenvalue weighted by Gasteiger charge is 2.31. The molecule has 0 aliphatic carbocycles. The molecule has 0 aliphatic rings. The molecular weight excluding hydrogens is 323 g/mol. The predicted octanol–water partition coefficient (Wildman–Crippen LogP) is 2.41. The molecule has 1 aromatic carbocycles. The van der Waals surface area contributed by atoms with Gasteiger partial charge in [-0.15, -0.1) is 0 Å². The third kappa shape index (κ3) is 3.99. The van der Waals surface area contributed by atoms with Crippen LogP contribution in [0.25, 0.3) is 0 Å². The van der Waals surface area contributed by atoms with Crippen molar-refractivity contribution in [3.8, 4) is 0 Å². The summed E-state index contributed by atoms with van der Waals surface area (Å²) in [6.45, 7) is 3.40. The molecule has 0 radical (unpaired) electrons. The van der Waals surface area contributed by atoms with Crippen LogP contribution in [0.3, 0.4) is 0 Å². The number of benzene rings is 1. The molecule has 0 aromatic heterocycles. The normalized spacial score (nSPS) is 15.1. The topological polar surface area (TPSA) is 92.4 Å². The van der Waals surface area contributed by atoms with Crippen molar-refractivity contribution in [3.05, 3.63) is 22.2 Å². The van der Waals surface area contributed by atoms with Crippen molar-refractivity contribution in [2.24, 2.45) is 0 Å². The molecular formula is C12H18Cl2N2O3S.